The zero-order valence-corrected chi connectivity index (χ0v) is 10.6. The van der Waals surface area contributed by atoms with Crippen molar-refractivity contribution in [3.8, 4) is 11.4 Å². The van der Waals surface area contributed by atoms with Crippen LogP contribution in [0.25, 0.3) is 11.4 Å². The Morgan fingerprint density at radius 1 is 1.16 bits per heavy atom. The number of alkyl halides is 3. The molecular formula is C14H15F3N2. The predicted octanol–water partition coefficient (Wildman–Crippen LogP) is 4.37. The Labute approximate surface area is 109 Å². The number of hydrogen-bond donors (Lipinski definition) is 0. The Kier molecular flexibility index (Phi) is 3.93. The number of hydrogen-bond acceptors (Lipinski definition) is 1. The quantitative estimate of drug-likeness (QED) is 0.805. The summed E-state index contributed by atoms with van der Waals surface area (Å²) in [5, 5.41) is 0. The van der Waals surface area contributed by atoms with Crippen LogP contribution < -0.4 is 0 Å². The zero-order chi connectivity index (χ0) is 13.9. The van der Waals surface area contributed by atoms with Crippen LogP contribution in [0.15, 0.2) is 36.5 Å². The second-order valence-corrected chi connectivity index (χ2v) is 4.34. The van der Waals surface area contributed by atoms with E-state index in [1.807, 2.05) is 13.0 Å². The van der Waals surface area contributed by atoms with E-state index in [1.54, 1.807) is 24.3 Å². The van der Waals surface area contributed by atoms with Crippen LogP contribution in [-0.2, 0) is 12.7 Å². The van der Waals surface area contributed by atoms with Crippen LogP contribution in [0.3, 0.4) is 0 Å². The fraction of sp³-hybridized carbons (Fsp3) is 0.357. The summed E-state index contributed by atoms with van der Waals surface area (Å²) >= 11 is 0. The molecule has 2 nitrogen and oxygen atoms in total. The molecule has 0 fully saturated rings. The van der Waals surface area contributed by atoms with Crippen LogP contribution in [0.1, 0.15) is 25.5 Å². The summed E-state index contributed by atoms with van der Waals surface area (Å²) in [7, 11) is 0. The summed E-state index contributed by atoms with van der Waals surface area (Å²) in [5.74, 6) is 0.376. The van der Waals surface area contributed by atoms with Crippen molar-refractivity contribution in [1.82, 2.24) is 9.55 Å². The monoisotopic (exact) mass is 268 g/mol. The largest absolute Gasteiger partial charge is 0.433 e. The van der Waals surface area contributed by atoms with Crippen molar-refractivity contribution >= 4 is 0 Å². The van der Waals surface area contributed by atoms with Crippen LogP contribution in [0.4, 0.5) is 13.2 Å². The molecule has 19 heavy (non-hydrogen) atoms. The van der Waals surface area contributed by atoms with Crippen molar-refractivity contribution in [1.29, 1.82) is 0 Å². The van der Waals surface area contributed by atoms with Gasteiger partial charge in [0.05, 0.1) is 6.20 Å². The first kappa shape index (κ1) is 13.6. The smallest absolute Gasteiger partial charge is 0.320 e. The molecule has 0 aliphatic rings. The van der Waals surface area contributed by atoms with Crippen molar-refractivity contribution in [2.24, 2.45) is 0 Å². The van der Waals surface area contributed by atoms with E-state index < -0.39 is 11.9 Å². The molecule has 102 valence electrons. The first-order valence-electron chi connectivity index (χ1n) is 6.22. The minimum absolute atomic E-state index is 0.329. The lowest BCUT2D eigenvalue weighted by Gasteiger charge is -2.13. The Bertz CT molecular complexity index is 529. The van der Waals surface area contributed by atoms with Gasteiger partial charge in [0.25, 0.3) is 0 Å². The van der Waals surface area contributed by atoms with Crippen molar-refractivity contribution in [3.05, 3.63) is 42.2 Å². The van der Waals surface area contributed by atoms with Gasteiger partial charge in [0, 0.05) is 12.1 Å². The number of imidazole rings is 1. The summed E-state index contributed by atoms with van der Waals surface area (Å²) in [6, 6.07) is 8.95. The van der Waals surface area contributed by atoms with Gasteiger partial charge in [0.1, 0.15) is 11.5 Å². The summed E-state index contributed by atoms with van der Waals surface area (Å²) in [5.41, 5.74) is 0.0221. The molecule has 0 saturated carbocycles. The number of unbranched alkanes of at least 4 members (excludes halogenated alkanes) is 1. The molecule has 0 aliphatic heterocycles. The first-order chi connectivity index (χ1) is 9.04. The number of rotatable bonds is 4. The normalized spacial score (nSPS) is 11.8. The van der Waals surface area contributed by atoms with E-state index in [4.69, 9.17) is 0 Å². The molecule has 0 bridgehead atoms. The van der Waals surface area contributed by atoms with Gasteiger partial charge >= 0.3 is 6.18 Å². The highest BCUT2D eigenvalue weighted by Gasteiger charge is 2.35. The highest BCUT2D eigenvalue weighted by molar-refractivity contribution is 5.56. The first-order valence-corrected chi connectivity index (χ1v) is 6.22. The lowest BCUT2D eigenvalue weighted by molar-refractivity contribution is -0.143. The number of halogens is 3. The molecule has 2 aromatic rings. The Balaban J connectivity index is 2.47. The summed E-state index contributed by atoms with van der Waals surface area (Å²) in [4.78, 5) is 3.95. The van der Waals surface area contributed by atoms with Gasteiger partial charge in [-0.2, -0.15) is 13.2 Å². The van der Waals surface area contributed by atoms with E-state index in [-0.39, 0.29) is 0 Å². The number of benzene rings is 1. The van der Waals surface area contributed by atoms with E-state index in [2.05, 4.69) is 4.98 Å². The number of nitrogens with zero attached hydrogens (tertiary/aromatic N) is 2. The van der Waals surface area contributed by atoms with Gasteiger partial charge in [0.2, 0.25) is 0 Å². The molecule has 1 heterocycles. The zero-order valence-electron chi connectivity index (χ0n) is 10.6. The van der Waals surface area contributed by atoms with Crippen LogP contribution in [-0.4, -0.2) is 9.55 Å². The molecule has 0 saturated heterocycles. The van der Waals surface area contributed by atoms with Gasteiger partial charge < -0.3 is 4.57 Å². The van der Waals surface area contributed by atoms with Crippen molar-refractivity contribution in [3.63, 3.8) is 0 Å². The maximum absolute atomic E-state index is 12.9. The van der Waals surface area contributed by atoms with E-state index in [9.17, 15) is 13.2 Å². The fourth-order valence-corrected chi connectivity index (χ4v) is 1.96. The second-order valence-electron chi connectivity index (χ2n) is 4.34. The van der Waals surface area contributed by atoms with Gasteiger partial charge in [0.15, 0.2) is 0 Å². The molecule has 1 aromatic heterocycles. The standard InChI is InChI=1S/C14H15F3N2/c1-2-3-9-19-12(14(15,16)17)10-18-13(19)11-7-5-4-6-8-11/h4-8,10H,2-3,9H2,1H3. The maximum atomic E-state index is 12.9. The Morgan fingerprint density at radius 3 is 2.42 bits per heavy atom. The molecule has 0 spiro atoms. The van der Waals surface area contributed by atoms with Crippen molar-refractivity contribution < 1.29 is 13.2 Å². The van der Waals surface area contributed by atoms with Gasteiger partial charge in [-0.15, -0.1) is 0 Å². The van der Waals surface area contributed by atoms with E-state index in [0.717, 1.165) is 12.6 Å². The SMILES string of the molecule is CCCCn1c(C(F)(F)F)cnc1-c1ccccc1. The van der Waals surface area contributed by atoms with Crippen LogP contribution in [0.5, 0.6) is 0 Å². The summed E-state index contributed by atoms with van der Waals surface area (Å²) in [6.07, 6.45) is -1.92. The highest BCUT2D eigenvalue weighted by atomic mass is 19.4. The average Bonchev–Trinajstić information content (AvgIpc) is 2.81. The van der Waals surface area contributed by atoms with E-state index in [1.165, 1.54) is 4.57 Å². The minimum atomic E-state index is -4.37. The molecule has 5 heteroatoms. The molecule has 0 amide bonds. The molecule has 1 aromatic carbocycles. The second kappa shape index (κ2) is 5.47. The molecule has 0 aliphatic carbocycles. The molecule has 0 radical (unpaired) electrons. The van der Waals surface area contributed by atoms with Gasteiger partial charge in [-0.1, -0.05) is 43.7 Å². The molecule has 0 atom stereocenters. The third kappa shape index (κ3) is 2.97. The Morgan fingerprint density at radius 2 is 1.84 bits per heavy atom. The van der Waals surface area contributed by atoms with Gasteiger partial charge in [-0.25, -0.2) is 4.98 Å². The van der Waals surface area contributed by atoms with Crippen molar-refractivity contribution in [2.45, 2.75) is 32.5 Å². The Hall–Kier alpha value is -1.78. The molecule has 2 rings (SSSR count). The van der Waals surface area contributed by atoms with E-state index >= 15 is 0 Å². The molecular weight excluding hydrogens is 253 g/mol. The number of aromatic nitrogens is 2. The van der Waals surface area contributed by atoms with Gasteiger partial charge in [-0.3, -0.25) is 0 Å². The molecule has 0 unspecified atom stereocenters. The third-order valence-electron chi connectivity index (χ3n) is 2.91. The van der Waals surface area contributed by atoms with Crippen LogP contribution >= 0.6 is 0 Å². The fourth-order valence-electron chi connectivity index (χ4n) is 1.96. The highest BCUT2D eigenvalue weighted by Crippen LogP contribution is 2.32. The topological polar surface area (TPSA) is 17.8 Å². The van der Waals surface area contributed by atoms with Crippen LogP contribution in [0.2, 0.25) is 0 Å². The van der Waals surface area contributed by atoms with E-state index in [0.29, 0.717) is 24.4 Å². The van der Waals surface area contributed by atoms with Crippen molar-refractivity contribution in [2.75, 3.05) is 0 Å². The lowest BCUT2D eigenvalue weighted by Crippen LogP contribution is -2.14. The van der Waals surface area contributed by atoms with Crippen LogP contribution in [0, 0.1) is 0 Å². The lowest BCUT2D eigenvalue weighted by atomic mass is 10.2. The summed E-state index contributed by atoms with van der Waals surface area (Å²) in [6.45, 7) is 2.28. The predicted molar refractivity (Wildman–Crippen MR) is 67.6 cm³/mol. The molecule has 0 N–H and O–H groups in total. The average molecular weight is 268 g/mol. The minimum Gasteiger partial charge on any atom is -0.320 e. The van der Waals surface area contributed by atoms with Gasteiger partial charge in [-0.05, 0) is 6.42 Å². The third-order valence-corrected chi connectivity index (χ3v) is 2.91. The summed E-state index contributed by atoms with van der Waals surface area (Å²) < 4.78 is 40.1. The maximum Gasteiger partial charge on any atom is 0.433 e.